The summed E-state index contributed by atoms with van der Waals surface area (Å²) < 4.78 is 18.2. The Kier molecular flexibility index (Phi) is 5.62. The van der Waals surface area contributed by atoms with Crippen LogP contribution >= 0.6 is 0 Å². The molecule has 0 bridgehead atoms. The number of amides is 1. The summed E-state index contributed by atoms with van der Waals surface area (Å²) in [5.41, 5.74) is 1.40. The second-order valence-corrected chi connectivity index (χ2v) is 6.11. The van der Waals surface area contributed by atoms with Crippen LogP contribution in [0.2, 0.25) is 0 Å². The molecule has 2 aromatic rings. The van der Waals surface area contributed by atoms with Crippen molar-refractivity contribution in [3.05, 3.63) is 51.7 Å². The number of aromatic nitrogens is 2. The highest BCUT2D eigenvalue weighted by molar-refractivity contribution is 5.90. The fourth-order valence-electron chi connectivity index (χ4n) is 2.81. The summed E-state index contributed by atoms with van der Waals surface area (Å²) in [6, 6.07) is 5.53. The summed E-state index contributed by atoms with van der Waals surface area (Å²) >= 11 is 0. The first-order valence-corrected chi connectivity index (χ1v) is 8.51. The summed E-state index contributed by atoms with van der Waals surface area (Å²) in [5, 5.41) is 2.68. The van der Waals surface area contributed by atoms with E-state index in [1.54, 1.807) is 6.92 Å². The number of ether oxygens (including phenoxy) is 1. The minimum atomic E-state index is -0.364. The molecule has 0 unspecified atom stereocenters. The van der Waals surface area contributed by atoms with Crippen LogP contribution < -0.4 is 15.8 Å². The van der Waals surface area contributed by atoms with Crippen LogP contribution in [0.1, 0.15) is 17.7 Å². The molecule has 26 heavy (non-hydrogen) atoms. The highest BCUT2D eigenvalue weighted by Gasteiger charge is 2.16. The van der Waals surface area contributed by atoms with Crippen molar-refractivity contribution in [1.29, 1.82) is 0 Å². The van der Waals surface area contributed by atoms with E-state index in [0.717, 1.165) is 0 Å². The van der Waals surface area contributed by atoms with Gasteiger partial charge in [-0.3, -0.25) is 14.6 Å². The van der Waals surface area contributed by atoms with Crippen molar-refractivity contribution in [2.75, 3.05) is 36.5 Å². The van der Waals surface area contributed by atoms with Crippen LogP contribution in [0.4, 0.5) is 16.0 Å². The Morgan fingerprint density at radius 3 is 2.65 bits per heavy atom. The molecule has 0 aliphatic carbocycles. The Bertz CT molecular complexity index is 829. The van der Waals surface area contributed by atoms with Gasteiger partial charge < -0.3 is 15.0 Å². The first kappa shape index (κ1) is 18.1. The standard InChI is InChI=1S/C18H21FN4O3/c1-12-15(6-7-16(24)21-14-4-2-13(19)3-5-14)17(25)22-18(20-12)23-8-10-26-11-9-23/h2-5H,6-11H2,1H3,(H,21,24)(H,20,22,25). The third-order valence-corrected chi connectivity index (χ3v) is 4.25. The SMILES string of the molecule is Cc1nc(N2CCOCC2)[nH]c(=O)c1CCC(=O)Nc1ccc(F)cc1. The molecule has 8 heteroatoms. The number of halogens is 1. The summed E-state index contributed by atoms with van der Waals surface area (Å²) in [6.07, 6.45) is 0.421. The highest BCUT2D eigenvalue weighted by atomic mass is 19.1. The molecule has 1 aromatic heterocycles. The van der Waals surface area contributed by atoms with Crippen LogP contribution in [-0.2, 0) is 16.0 Å². The van der Waals surface area contributed by atoms with E-state index in [1.807, 2.05) is 4.90 Å². The molecule has 2 N–H and O–H groups in total. The van der Waals surface area contributed by atoms with Gasteiger partial charge in [-0.25, -0.2) is 9.37 Å². The lowest BCUT2D eigenvalue weighted by atomic mass is 10.1. The minimum absolute atomic E-state index is 0.139. The fourth-order valence-corrected chi connectivity index (χ4v) is 2.81. The van der Waals surface area contributed by atoms with Gasteiger partial charge in [0.1, 0.15) is 5.82 Å². The molecule has 0 saturated carbocycles. The van der Waals surface area contributed by atoms with Gasteiger partial charge in [-0.05, 0) is 37.6 Å². The average Bonchev–Trinajstić information content (AvgIpc) is 2.63. The summed E-state index contributed by atoms with van der Waals surface area (Å²) in [4.78, 5) is 33.7. The van der Waals surface area contributed by atoms with E-state index in [2.05, 4.69) is 15.3 Å². The van der Waals surface area contributed by atoms with E-state index in [1.165, 1.54) is 24.3 Å². The fraction of sp³-hybridized carbons (Fsp3) is 0.389. The molecule has 7 nitrogen and oxygen atoms in total. The number of hydrogen-bond donors (Lipinski definition) is 2. The zero-order valence-corrected chi connectivity index (χ0v) is 14.5. The van der Waals surface area contributed by atoms with Crippen molar-refractivity contribution in [2.45, 2.75) is 19.8 Å². The van der Waals surface area contributed by atoms with Gasteiger partial charge in [-0.2, -0.15) is 0 Å². The number of morpholine rings is 1. The largest absolute Gasteiger partial charge is 0.378 e. The number of anilines is 2. The number of nitrogens with one attached hydrogen (secondary N) is 2. The Morgan fingerprint density at radius 2 is 2.00 bits per heavy atom. The molecule has 1 aliphatic heterocycles. The smallest absolute Gasteiger partial charge is 0.255 e. The number of nitrogens with zero attached hydrogens (tertiary/aromatic N) is 2. The molecule has 2 heterocycles. The lowest BCUT2D eigenvalue weighted by Crippen LogP contribution is -2.38. The Balaban J connectivity index is 1.63. The molecule has 3 rings (SSSR count). The van der Waals surface area contributed by atoms with Crippen molar-refractivity contribution in [2.24, 2.45) is 0 Å². The van der Waals surface area contributed by atoms with Gasteiger partial charge in [0, 0.05) is 36.5 Å². The second-order valence-electron chi connectivity index (χ2n) is 6.11. The molecular formula is C18H21FN4O3. The van der Waals surface area contributed by atoms with Gasteiger partial charge >= 0.3 is 0 Å². The van der Waals surface area contributed by atoms with Gasteiger partial charge in [-0.1, -0.05) is 0 Å². The van der Waals surface area contributed by atoms with E-state index in [0.29, 0.717) is 49.2 Å². The lowest BCUT2D eigenvalue weighted by Gasteiger charge is -2.27. The monoisotopic (exact) mass is 360 g/mol. The molecular weight excluding hydrogens is 339 g/mol. The highest BCUT2D eigenvalue weighted by Crippen LogP contribution is 2.12. The molecule has 1 fully saturated rings. The maximum atomic E-state index is 12.9. The lowest BCUT2D eigenvalue weighted by molar-refractivity contribution is -0.116. The third kappa shape index (κ3) is 4.45. The molecule has 0 atom stereocenters. The molecule has 138 valence electrons. The Labute approximate surface area is 150 Å². The first-order chi connectivity index (χ1) is 12.5. The summed E-state index contributed by atoms with van der Waals surface area (Å²) in [7, 11) is 0. The zero-order chi connectivity index (χ0) is 18.5. The Morgan fingerprint density at radius 1 is 1.31 bits per heavy atom. The van der Waals surface area contributed by atoms with Crippen molar-refractivity contribution in [3.8, 4) is 0 Å². The molecule has 1 aliphatic rings. The number of carbonyl (C=O) groups excluding carboxylic acids is 1. The molecule has 0 spiro atoms. The Hall–Kier alpha value is -2.74. The molecule has 1 amide bonds. The van der Waals surface area contributed by atoms with Crippen LogP contribution in [0.15, 0.2) is 29.1 Å². The van der Waals surface area contributed by atoms with Gasteiger partial charge in [0.25, 0.3) is 5.56 Å². The van der Waals surface area contributed by atoms with Crippen LogP contribution in [0.5, 0.6) is 0 Å². The zero-order valence-electron chi connectivity index (χ0n) is 14.5. The predicted molar refractivity (Wildman–Crippen MR) is 96.0 cm³/mol. The first-order valence-electron chi connectivity index (χ1n) is 8.51. The van der Waals surface area contributed by atoms with Gasteiger partial charge in [-0.15, -0.1) is 0 Å². The number of benzene rings is 1. The van der Waals surface area contributed by atoms with Crippen molar-refractivity contribution in [1.82, 2.24) is 9.97 Å². The molecule has 0 radical (unpaired) electrons. The topological polar surface area (TPSA) is 87.3 Å². The van der Waals surface area contributed by atoms with Crippen molar-refractivity contribution >= 4 is 17.5 Å². The van der Waals surface area contributed by atoms with Crippen LogP contribution in [0, 0.1) is 12.7 Å². The maximum absolute atomic E-state index is 12.9. The van der Waals surface area contributed by atoms with Gasteiger partial charge in [0.05, 0.1) is 13.2 Å². The number of rotatable bonds is 5. The summed E-state index contributed by atoms with van der Waals surface area (Å²) in [6.45, 7) is 4.35. The van der Waals surface area contributed by atoms with E-state index >= 15 is 0 Å². The number of H-pyrrole nitrogens is 1. The molecule has 1 aromatic carbocycles. The van der Waals surface area contributed by atoms with Crippen LogP contribution in [0.3, 0.4) is 0 Å². The van der Waals surface area contributed by atoms with E-state index in [9.17, 15) is 14.0 Å². The maximum Gasteiger partial charge on any atom is 0.255 e. The molecule has 1 saturated heterocycles. The predicted octanol–water partition coefficient (Wildman–Crippen LogP) is 1.63. The van der Waals surface area contributed by atoms with Gasteiger partial charge in [0.2, 0.25) is 11.9 Å². The number of hydrogen-bond acceptors (Lipinski definition) is 5. The average molecular weight is 360 g/mol. The van der Waals surface area contributed by atoms with E-state index in [-0.39, 0.29) is 30.1 Å². The van der Waals surface area contributed by atoms with Crippen LogP contribution in [-0.4, -0.2) is 42.2 Å². The van der Waals surface area contributed by atoms with Gasteiger partial charge in [0.15, 0.2) is 0 Å². The number of carbonyl (C=O) groups is 1. The third-order valence-electron chi connectivity index (χ3n) is 4.25. The van der Waals surface area contributed by atoms with Crippen molar-refractivity contribution in [3.63, 3.8) is 0 Å². The quantitative estimate of drug-likeness (QED) is 0.846. The van der Waals surface area contributed by atoms with Crippen LogP contribution in [0.25, 0.3) is 0 Å². The number of aryl methyl sites for hydroxylation is 1. The van der Waals surface area contributed by atoms with Crippen molar-refractivity contribution < 1.29 is 13.9 Å². The number of aromatic amines is 1. The summed E-state index contributed by atoms with van der Waals surface area (Å²) in [5.74, 6) is -0.0698. The minimum Gasteiger partial charge on any atom is -0.378 e. The normalized spacial score (nSPS) is 14.3. The second kappa shape index (κ2) is 8.09. The van der Waals surface area contributed by atoms with E-state index in [4.69, 9.17) is 4.74 Å². The van der Waals surface area contributed by atoms with E-state index < -0.39 is 0 Å².